The quantitative estimate of drug-likeness (QED) is 0.159. The van der Waals surface area contributed by atoms with E-state index in [0.717, 1.165) is 84.4 Å². The average molecular weight is 692 g/mol. The highest BCUT2D eigenvalue weighted by Gasteiger charge is 2.15. The molecule has 0 N–H and O–H groups in total. The van der Waals surface area contributed by atoms with Gasteiger partial charge in [-0.1, -0.05) is 152 Å². The molecule has 0 spiro atoms. The standard InChI is InChI=1S/C49H33N5/c1-4-15-34(16-5-1)39-31-47(43-23-12-13-30-50-43)52-48(32-39)44-25-14-24-42(51-44)41-22-11-10-21-40(41)35-26-28-38(29-27-35)49-53-45(36-17-6-2-7-18-36)33-46(54-49)37-19-8-3-9-20-37/h1-33H. The van der Waals surface area contributed by atoms with Crippen molar-refractivity contribution in [1.29, 1.82) is 0 Å². The van der Waals surface area contributed by atoms with Crippen LogP contribution in [0.4, 0.5) is 0 Å². The van der Waals surface area contributed by atoms with Gasteiger partial charge in [0.2, 0.25) is 0 Å². The Balaban J connectivity index is 1.08. The van der Waals surface area contributed by atoms with E-state index in [2.05, 4.69) is 132 Å². The van der Waals surface area contributed by atoms with Crippen molar-refractivity contribution in [3.8, 4) is 90.2 Å². The highest BCUT2D eigenvalue weighted by Crippen LogP contribution is 2.35. The molecule has 54 heavy (non-hydrogen) atoms. The van der Waals surface area contributed by atoms with Gasteiger partial charge in [0.05, 0.1) is 39.9 Å². The molecule has 9 rings (SSSR count). The fourth-order valence-corrected chi connectivity index (χ4v) is 6.68. The maximum absolute atomic E-state index is 5.21. The fourth-order valence-electron chi connectivity index (χ4n) is 6.68. The van der Waals surface area contributed by atoms with Crippen LogP contribution in [0.25, 0.3) is 90.2 Å². The van der Waals surface area contributed by atoms with Crippen LogP contribution in [-0.2, 0) is 0 Å². The Labute approximate surface area is 314 Å². The van der Waals surface area contributed by atoms with Gasteiger partial charge >= 0.3 is 0 Å². The van der Waals surface area contributed by atoms with Gasteiger partial charge in [0.1, 0.15) is 0 Å². The van der Waals surface area contributed by atoms with E-state index >= 15 is 0 Å². The smallest absolute Gasteiger partial charge is 0.160 e. The first-order valence-electron chi connectivity index (χ1n) is 17.9. The van der Waals surface area contributed by atoms with Gasteiger partial charge in [0.25, 0.3) is 0 Å². The van der Waals surface area contributed by atoms with Gasteiger partial charge in [-0.15, -0.1) is 0 Å². The molecule has 4 heterocycles. The van der Waals surface area contributed by atoms with E-state index in [1.54, 1.807) is 6.20 Å². The van der Waals surface area contributed by atoms with E-state index < -0.39 is 0 Å². The molecule has 9 aromatic rings. The zero-order valence-corrected chi connectivity index (χ0v) is 29.3. The minimum Gasteiger partial charge on any atom is -0.255 e. The molecule has 5 aromatic carbocycles. The van der Waals surface area contributed by atoms with Crippen LogP contribution in [-0.4, -0.2) is 24.9 Å². The van der Waals surface area contributed by atoms with E-state index in [4.69, 9.17) is 19.9 Å². The Morgan fingerprint density at radius 2 is 0.741 bits per heavy atom. The predicted molar refractivity (Wildman–Crippen MR) is 219 cm³/mol. The van der Waals surface area contributed by atoms with Crippen molar-refractivity contribution in [1.82, 2.24) is 24.9 Å². The van der Waals surface area contributed by atoms with Crippen LogP contribution < -0.4 is 0 Å². The molecular weight excluding hydrogens is 659 g/mol. The van der Waals surface area contributed by atoms with Crippen molar-refractivity contribution in [2.45, 2.75) is 0 Å². The van der Waals surface area contributed by atoms with Crippen LogP contribution in [0.3, 0.4) is 0 Å². The molecule has 0 atom stereocenters. The number of hydrogen-bond acceptors (Lipinski definition) is 5. The molecule has 0 bridgehead atoms. The summed E-state index contributed by atoms with van der Waals surface area (Å²) in [4.78, 5) is 24.9. The lowest BCUT2D eigenvalue weighted by atomic mass is 9.96. The molecule has 5 heteroatoms. The normalized spacial score (nSPS) is 11.0. The van der Waals surface area contributed by atoms with Crippen molar-refractivity contribution in [3.05, 3.63) is 200 Å². The third kappa shape index (κ3) is 6.82. The van der Waals surface area contributed by atoms with E-state index in [9.17, 15) is 0 Å². The third-order valence-corrected chi connectivity index (χ3v) is 9.39. The fraction of sp³-hybridized carbons (Fsp3) is 0. The highest BCUT2D eigenvalue weighted by molar-refractivity contribution is 5.84. The lowest BCUT2D eigenvalue weighted by Crippen LogP contribution is -1.96. The SMILES string of the molecule is c1ccc(-c2cc(-c3ccccn3)nc(-c3cccc(-c4ccccc4-c4ccc(-c5nc(-c6ccccc6)cc(-c6ccccc6)n5)cc4)n3)c2)cc1. The van der Waals surface area contributed by atoms with Crippen molar-refractivity contribution < 1.29 is 0 Å². The van der Waals surface area contributed by atoms with Gasteiger partial charge in [-0.2, -0.15) is 0 Å². The summed E-state index contributed by atoms with van der Waals surface area (Å²) in [7, 11) is 0. The summed E-state index contributed by atoms with van der Waals surface area (Å²) in [5.74, 6) is 0.680. The summed E-state index contributed by atoms with van der Waals surface area (Å²) < 4.78 is 0. The van der Waals surface area contributed by atoms with E-state index in [1.165, 1.54) is 0 Å². The summed E-state index contributed by atoms with van der Waals surface area (Å²) in [5.41, 5.74) is 14.2. The number of aromatic nitrogens is 5. The Hall–Kier alpha value is -7.37. The monoisotopic (exact) mass is 691 g/mol. The third-order valence-electron chi connectivity index (χ3n) is 9.39. The van der Waals surface area contributed by atoms with Crippen molar-refractivity contribution >= 4 is 0 Å². The zero-order chi connectivity index (χ0) is 36.1. The summed E-state index contributed by atoms with van der Waals surface area (Å²) >= 11 is 0. The van der Waals surface area contributed by atoms with Gasteiger partial charge in [-0.3, -0.25) is 4.98 Å². The molecule has 0 radical (unpaired) electrons. The minimum absolute atomic E-state index is 0.680. The molecule has 0 aliphatic rings. The molecule has 0 unspecified atom stereocenters. The Bertz CT molecular complexity index is 2560. The lowest BCUT2D eigenvalue weighted by Gasteiger charge is -2.13. The number of pyridine rings is 3. The predicted octanol–water partition coefficient (Wildman–Crippen LogP) is 12.0. The van der Waals surface area contributed by atoms with Crippen LogP contribution in [0.2, 0.25) is 0 Å². The first-order valence-corrected chi connectivity index (χ1v) is 17.9. The zero-order valence-electron chi connectivity index (χ0n) is 29.3. The van der Waals surface area contributed by atoms with Crippen LogP contribution in [0, 0.1) is 0 Å². The van der Waals surface area contributed by atoms with E-state index in [-0.39, 0.29) is 0 Å². The van der Waals surface area contributed by atoms with Crippen molar-refractivity contribution in [2.24, 2.45) is 0 Å². The Kier molecular flexibility index (Phi) is 8.86. The van der Waals surface area contributed by atoms with Crippen molar-refractivity contribution in [3.63, 3.8) is 0 Å². The van der Waals surface area contributed by atoms with Gasteiger partial charge in [-0.05, 0) is 64.7 Å². The molecule has 0 aliphatic carbocycles. The summed E-state index contributed by atoms with van der Waals surface area (Å²) in [6.45, 7) is 0. The first kappa shape index (κ1) is 32.5. The molecule has 0 fully saturated rings. The van der Waals surface area contributed by atoms with Crippen LogP contribution in [0.15, 0.2) is 200 Å². The summed E-state index contributed by atoms with van der Waals surface area (Å²) in [6.07, 6.45) is 1.80. The molecule has 254 valence electrons. The molecule has 0 saturated carbocycles. The summed E-state index contributed by atoms with van der Waals surface area (Å²) in [6, 6.07) is 66.0. The first-order chi connectivity index (χ1) is 26.7. The van der Waals surface area contributed by atoms with Gasteiger partial charge in [0.15, 0.2) is 5.82 Å². The Morgan fingerprint density at radius 3 is 1.37 bits per heavy atom. The molecule has 0 amide bonds. The maximum Gasteiger partial charge on any atom is 0.160 e. The largest absolute Gasteiger partial charge is 0.255 e. The second-order valence-electron chi connectivity index (χ2n) is 12.9. The highest BCUT2D eigenvalue weighted by atomic mass is 14.9. The van der Waals surface area contributed by atoms with Gasteiger partial charge < -0.3 is 0 Å². The number of benzene rings is 5. The molecule has 4 aromatic heterocycles. The molecular formula is C49H33N5. The molecule has 5 nitrogen and oxygen atoms in total. The second kappa shape index (κ2) is 14.7. The summed E-state index contributed by atoms with van der Waals surface area (Å²) in [5, 5.41) is 0. The van der Waals surface area contributed by atoms with Crippen LogP contribution >= 0.6 is 0 Å². The van der Waals surface area contributed by atoms with Gasteiger partial charge in [0, 0.05) is 28.5 Å². The van der Waals surface area contributed by atoms with E-state index in [1.807, 2.05) is 66.7 Å². The molecule has 0 aliphatic heterocycles. The second-order valence-corrected chi connectivity index (χ2v) is 12.9. The number of rotatable bonds is 8. The van der Waals surface area contributed by atoms with Gasteiger partial charge in [-0.25, -0.2) is 19.9 Å². The topological polar surface area (TPSA) is 64.5 Å². The molecule has 0 saturated heterocycles. The number of hydrogen-bond donors (Lipinski definition) is 0. The lowest BCUT2D eigenvalue weighted by molar-refractivity contribution is 1.18. The van der Waals surface area contributed by atoms with E-state index in [0.29, 0.717) is 5.82 Å². The average Bonchev–Trinajstić information content (AvgIpc) is 3.27. The minimum atomic E-state index is 0.680. The van der Waals surface area contributed by atoms with Crippen molar-refractivity contribution in [2.75, 3.05) is 0 Å². The van der Waals surface area contributed by atoms with Crippen LogP contribution in [0.5, 0.6) is 0 Å². The van der Waals surface area contributed by atoms with Crippen LogP contribution in [0.1, 0.15) is 0 Å². The Morgan fingerprint density at radius 1 is 0.241 bits per heavy atom. The number of nitrogens with zero attached hydrogens (tertiary/aromatic N) is 5. The maximum atomic E-state index is 5.21.